The molecule has 0 saturated heterocycles. The molecular formula is C14H8ClNO2S. The van der Waals surface area contributed by atoms with Gasteiger partial charge in [-0.15, -0.1) is 0 Å². The third-order valence-corrected chi connectivity index (χ3v) is 3.83. The number of hydrogen-bond acceptors (Lipinski definition) is 3. The first-order chi connectivity index (χ1) is 9.16. The van der Waals surface area contributed by atoms with Gasteiger partial charge >= 0.3 is 5.97 Å². The molecule has 0 aliphatic carbocycles. The summed E-state index contributed by atoms with van der Waals surface area (Å²) in [5, 5.41) is 14.2. The number of fused-ring (bicyclic) bond motifs is 1. The number of pyridine rings is 1. The maximum absolute atomic E-state index is 11.4. The summed E-state index contributed by atoms with van der Waals surface area (Å²) >= 11 is 7.65. The minimum atomic E-state index is -0.980. The maximum atomic E-state index is 11.4. The second kappa shape index (κ2) is 4.64. The van der Waals surface area contributed by atoms with Gasteiger partial charge < -0.3 is 5.11 Å². The molecule has 0 atom stereocenters. The molecule has 3 aromatic rings. The second-order valence-electron chi connectivity index (χ2n) is 4.01. The lowest BCUT2D eigenvalue weighted by molar-refractivity contribution is 0.0699. The van der Waals surface area contributed by atoms with Crippen molar-refractivity contribution in [2.45, 2.75) is 0 Å². The summed E-state index contributed by atoms with van der Waals surface area (Å²) in [6.45, 7) is 0. The van der Waals surface area contributed by atoms with Gasteiger partial charge in [-0.2, -0.15) is 11.3 Å². The highest BCUT2D eigenvalue weighted by molar-refractivity contribution is 7.08. The molecule has 1 N–H and O–H groups in total. The van der Waals surface area contributed by atoms with E-state index in [-0.39, 0.29) is 5.56 Å². The third-order valence-electron chi connectivity index (χ3n) is 2.84. The number of halogens is 1. The number of benzene rings is 1. The largest absolute Gasteiger partial charge is 0.478 e. The molecule has 19 heavy (non-hydrogen) atoms. The Morgan fingerprint density at radius 3 is 2.84 bits per heavy atom. The number of aromatic nitrogens is 1. The summed E-state index contributed by atoms with van der Waals surface area (Å²) in [4.78, 5) is 15.9. The van der Waals surface area contributed by atoms with Gasteiger partial charge in [0.15, 0.2) is 0 Å². The Kier molecular flexibility index (Phi) is 2.97. The molecule has 0 aliphatic rings. The third kappa shape index (κ3) is 2.09. The number of nitrogens with zero attached hydrogens (tertiary/aromatic N) is 1. The average Bonchev–Trinajstić information content (AvgIpc) is 2.92. The van der Waals surface area contributed by atoms with Crippen LogP contribution in [0.15, 0.2) is 41.1 Å². The highest BCUT2D eigenvalue weighted by atomic mass is 35.5. The van der Waals surface area contributed by atoms with E-state index in [4.69, 9.17) is 11.6 Å². The van der Waals surface area contributed by atoms with Crippen LogP contribution in [-0.4, -0.2) is 16.1 Å². The van der Waals surface area contributed by atoms with Crippen molar-refractivity contribution in [2.75, 3.05) is 0 Å². The fourth-order valence-electron chi connectivity index (χ4n) is 1.95. The predicted octanol–water partition coefficient (Wildman–Crippen LogP) is 4.31. The van der Waals surface area contributed by atoms with E-state index in [0.29, 0.717) is 21.6 Å². The first-order valence-electron chi connectivity index (χ1n) is 5.52. The zero-order chi connectivity index (χ0) is 13.4. The van der Waals surface area contributed by atoms with Crippen LogP contribution in [0.5, 0.6) is 0 Å². The Labute approximate surface area is 118 Å². The van der Waals surface area contributed by atoms with Crippen molar-refractivity contribution < 1.29 is 9.90 Å². The van der Waals surface area contributed by atoms with Crippen LogP contribution in [0.3, 0.4) is 0 Å². The van der Waals surface area contributed by atoms with E-state index < -0.39 is 5.97 Å². The Morgan fingerprint density at radius 2 is 2.16 bits per heavy atom. The van der Waals surface area contributed by atoms with Gasteiger partial charge in [-0.25, -0.2) is 9.78 Å². The molecule has 0 unspecified atom stereocenters. The van der Waals surface area contributed by atoms with E-state index in [2.05, 4.69) is 4.98 Å². The number of thiophene rings is 1. The van der Waals surface area contributed by atoms with Gasteiger partial charge in [0.25, 0.3) is 0 Å². The molecule has 3 nitrogen and oxygen atoms in total. The van der Waals surface area contributed by atoms with Crippen molar-refractivity contribution in [3.05, 3.63) is 51.7 Å². The standard InChI is InChI=1S/C14H8ClNO2S/c15-11-3-1-2-9-10(14(17)18)6-12(16-13(9)11)8-4-5-19-7-8/h1-7H,(H,17,18). The minimum absolute atomic E-state index is 0.216. The van der Waals surface area contributed by atoms with E-state index in [0.717, 1.165) is 5.56 Å². The molecule has 1 aromatic carbocycles. The molecule has 0 fully saturated rings. The molecule has 3 rings (SSSR count). The Morgan fingerprint density at radius 1 is 1.32 bits per heavy atom. The van der Waals surface area contributed by atoms with Crippen molar-refractivity contribution in [3.8, 4) is 11.3 Å². The number of aromatic carboxylic acids is 1. The van der Waals surface area contributed by atoms with Crippen molar-refractivity contribution >= 4 is 39.8 Å². The number of carboxylic acid groups (broad SMARTS) is 1. The lowest BCUT2D eigenvalue weighted by atomic mass is 10.1. The number of para-hydroxylation sites is 1. The van der Waals surface area contributed by atoms with Crippen LogP contribution >= 0.6 is 22.9 Å². The normalized spacial score (nSPS) is 10.8. The highest BCUT2D eigenvalue weighted by Crippen LogP contribution is 2.29. The van der Waals surface area contributed by atoms with E-state index >= 15 is 0 Å². The minimum Gasteiger partial charge on any atom is -0.478 e. The van der Waals surface area contributed by atoms with Crippen LogP contribution in [0, 0.1) is 0 Å². The van der Waals surface area contributed by atoms with E-state index in [1.165, 1.54) is 11.3 Å². The predicted molar refractivity (Wildman–Crippen MR) is 77.0 cm³/mol. The first-order valence-corrected chi connectivity index (χ1v) is 6.84. The molecule has 0 spiro atoms. The lowest BCUT2D eigenvalue weighted by Gasteiger charge is -2.07. The molecule has 2 heterocycles. The smallest absolute Gasteiger partial charge is 0.336 e. The van der Waals surface area contributed by atoms with Crippen LogP contribution < -0.4 is 0 Å². The zero-order valence-corrected chi connectivity index (χ0v) is 11.2. The van der Waals surface area contributed by atoms with Crippen LogP contribution in [-0.2, 0) is 0 Å². The molecule has 2 aromatic heterocycles. The Bertz CT molecular complexity index is 768. The number of carboxylic acids is 1. The molecular weight excluding hydrogens is 282 g/mol. The molecule has 94 valence electrons. The molecule has 0 radical (unpaired) electrons. The molecule has 0 aliphatic heterocycles. The van der Waals surface area contributed by atoms with Gasteiger partial charge in [-0.1, -0.05) is 23.7 Å². The maximum Gasteiger partial charge on any atom is 0.336 e. The van der Waals surface area contributed by atoms with Gasteiger partial charge in [0.1, 0.15) is 0 Å². The lowest BCUT2D eigenvalue weighted by Crippen LogP contribution is -2.00. The SMILES string of the molecule is O=C(O)c1cc(-c2ccsc2)nc2c(Cl)cccc12. The van der Waals surface area contributed by atoms with E-state index in [9.17, 15) is 9.90 Å². The summed E-state index contributed by atoms with van der Waals surface area (Å²) < 4.78 is 0. The van der Waals surface area contributed by atoms with E-state index in [1.807, 2.05) is 16.8 Å². The fraction of sp³-hybridized carbons (Fsp3) is 0. The average molecular weight is 290 g/mol. The van der Waals surface area contributed by atoms with Gasteiger partial charge in [0.2, 0.25) is 0 Å². The van der Waals surface area contributed by atoms with Crippen LogP contribution in [0.25, 0.3) is 22.2 Å². The molecule has 5 heteroatoms. The Hall–Kier alpha value is -1.91. The van der Waals surface area contributed by atoms with Crippen molar-refractivity contribution in [2.24, 2.45) is 0 Å². The number of rotatable bonds is 2. The van der Waals surface area contributed by atoms with Gasteiger partial charge in [0.05, 0.1) is 21.8 Å². The fourth-order valence-corrected chi connectivity index (χ4v) is 2.82. The van der Waals surface area contributed by atoms with Gasteiger partial charge in [0, 0.05) is 16.3 Å². The van der Waals surface area contributed by atoms with Gasteiger partial charge in [-0.3, -0.25) is 0 Å². The van der Waals surface area contributed by atoms with Crippen molar-refractivity contribution in [3.63, 3.8) is 0 Å². The topological polar surface area (TPSA) is 50.2 Å². The zero-order valence-electron chi connectivity index (χ0n) is 9.63. The summed E-state index contributed by atoms with van der Waals surface area (Å²) in [5.74, 6) is -0.980. The summed E-state index contributed by atoms with van der Waals surface area (Å²) in [6, 6.07) is 8.64. The van der Waals surface area contributed by atoms with Crippen molar-refractivity contribution in [1.29, 1.82) is 0 Å². The highest BCUT2D eigenvalue weighted by Gasteiger charge is 2.14. The quantitative estimate of drug-likeness (QED) is 0.764. The summed E-state index contributed by atoms with van der Waals surface area (Å²) in [5.41, 5.74) is 2.26. The summed E-state index contributed by atoms with van der Waals surface area (Å²) in [7, 11) is 0. The van der Waals surface area contributed by atoms with Crippen molar-refractivity contribution in [1.82, 2.24) is 4.98 Å². The number of hydrogen-bond donors (Lipinski definition) is 1. The first kappa shape index (κ1) is 12.1. The molecule has 0 saturated carbocycles. The monoisotopic (exact) mass is 289 g/mol. The van der Waals surface area contributed by atoms with E-state index in [1.54, 1.807) is 24.3 Å². The summed E-state index contributed by atoms with van der Waals surface area (Å²) in [6.07, 6.45) is 0. The second-order valence-corrected chi connectivity index (χ2v) is 5.20. The molecule has 0 amide bonds. The molecule has 0 bridgehead atoms. The van der Waals surface area contributed by atoms with Crippen LogP contribution in [0.2, 0.25) is 5.02 Å². The van der Waals surface area contributed by atoms with Crippen LogP contribution in [0.4, 0.5) is 0 Å². The van der Waals surface area contributed by atoms with Crippen LogP contribution in [0.1, 0.15) is 10.4 Å². The van der Waals surface area contributed by atoms with Gasteiger partial charge in [-0.05, 0) is 23.6 Å². The number of carbonyl (C=O) groups is 1. The Balaban J connectivity index is 2.38.